The van der Waals surface area contributed by atoms with Crippen LogP contribution in [0.25, 0.3) is 10.9 Å². The van der Waals surface area contributed by atoms with Crippen LogP contribution in [0.3, 0.4) is 0 Å². The quantitative estimate of drug-likeness (QED) is 0.702. The highest BCUT2D eigenvalue weighted by Gasteiger charge is 2.14. The summed E-state index contributed by atoms with van der Waals surface area (Å²) >= 11 is 5.16. The minimum absolute atomic E-state index is 0.102. The van der Waals surface area contributed by atoms with E-state index in [4.69, 9.17) is 12.2 Å². The Hall–Kier alpha value is -2.53. The molecular formula is C16H12N2O2S. The molecule has 0 saturated heterocycles. The Balaban J connectivity index is 2.28. The number of rotatable bonds is 1. The van der Waals surface area contributed by atoms with Crippen LogP contribution in [0.5, 0.6) is 0 Å². The largest absolute Gasteiger partial charge is 0.331 e. The Morgan fingerprint density at radius 1 is 1.14 bits per heavy atom. The van der Waals surface area contributed by atoms with Crippen LogP contribution in [-0.4, -0.2) is 15.5 Å². The van der Waals surface area contributed by atoms with Crippen LogP contribution in [0.2, 0.25) is 0 Å². The van der Waals surface area contributed by atoms with Crippen molar-refractivity contribution in [3.8, 4) is 0 Å². The highest BCUT2D eigenvalue weighted by Crippen LogP contribution is 2.09. The smallest absolute Gasteiger partial charge is 0.269 e. The number of carbonyl (C=O) groups is 1. The maximum Gasteiger partial charge on any atom is 0.269 e. The van der Waals surface area contributed by atoms with Crippen LogP contribution < -0.4 is 5.56 Å². The summed E-state index contributed by atoms with van der Waals surface area (Å²) in [5, 5.41) is 0.437. The molecule has 0 aliphatic rings. The third kappa shape index (κ3) is 2.32. The number of aryl methyl sites for hydroxylation is 1. The van der Waals surface area contributed by atoms with Gasteiger partial charge in [0.15, 0.2) is 4.77 Å². The summed E-state index contributed by atoms with van der Waals surface area (Å²) in [6.07, 6.45) is 0. The Bertz CT molecular complexity index is 970. The van der Waals surface area contributed by atoms with Gasteiger partial charge in [-0.15, -0.1) is 0 Å². The Kier molecular flexibility index (Phi) is 3.27. The minimum atomic E-state index is -0.421. The number of fused-ring (bicyclic) bond motifs is 1. The van der Waals surface area contributed by atoms with Crippen molar-refractivity contribution in [3.05, 3.63) is 74.8 Å². The van der Waals surface area contributed by atoms with E-state index in [1.165, 1.54) is 0 Å². The molecule has 1 N–H and O–H groups in total. The van der Waals surface area contributed by atoms with Gasteiger partial charge in [0.1, 0.15) is 0 Å². The lowest BCUT2D eigenvalue weighted by Gasteiger charge is -2.07. The molecule has 1 aromatic heterocycles. The summed E-state index contributed by atoms with van der Waals surface area (Å²) in [6.45, 7) is 1.89. The Labute approximate surface area is 125 Å². The van der Waals surface area contributed by atoms with E-state index in [0.717, 1.165) is 10.1 Å². The molecule has 0 radical (unpaired) electrons. The van der Waals surface area contributed by atoms with Crippen LogP contribution in [0, 0.1) is 11.7 Å². The maximum atomic E-state index is 12.6. The second kappa shape index (κ2) is 5.10. The first-order valence-corrected chi connectivity index (χ1v) is 6.84. The van der Waals surface area contributed by atoms with Crippen molar-refractivity contribution in [2.24, 2.45) is 0 Å². The van der Waals surface area contributed by atoms with Crippen molar-refractivity contribution in [3.63, 3.8) is 0 Å². The van der Waals surface area contributed by atoms with Crippen LogP contribution >= 0.6 is 12.2 Å². The van der Waals surface area contributed by atoms with Gasteiger partial charge in [-0.3, -0.25) is 9.59 Å². The average Bonchev–Trinajstić information content (AvgIpc) is 2.47. The third-order valence-corrected chi connectivity index (χ3v) is 3.56. The molecule has 3 rings (SSSR count). The maximum absolute atomic E-state index is 12.6. The molecule has 0 aliphatic heterocycles. The lowest BCUT2D eigenvalue weighted by atomic mass is 10.1. The number of hydrogen-bond donors (Lipinski definition) is 1. The lowest BCUT2D eigenvalue weighted by Crippen LogP contribution is -2.29. The number of carbonyl (C=O) groups excluding carboxylic acids is 1. The monoisotopic (exact) mass is 296 g/mol. The zero-order chi connectivity index (χ0) is 15.0. The first kappa shape index (κ1) is 13.5. The van der Waals surface area contributed by atoms with Crippen molar-refractivity contribution < 1.29 is 4.79 Å². The van der Waals surface area contributed by atoms with E-state index in [-0.39, 0.29) is 4.77 Å². The first-order valence-electron chi connectivity index (χ1n) is 6.43. The Morgan fingerprint density at radius 3 is 2.67 bits per heavy atom. The molecule has 0 bridgehead atoms. The number of nitrogens with zero attached hydrogens (tertiary/aromatic N) is 1. The van der Waals surface area contributed by atoms with Crippen LogP contribution in [0.1, 0.15) is 15.9 Å². The fourth-order valence-electron chi connectivity index (χ4n) is 2.25. The normalized spacial score (nSPS) is 10.7. The third-order valence-electron chi connectivity index (χ3n) is 3.27. The first-order chi connectivity index (χ1) is 10.1. The summed E-state index contributed by atoms with van der Waals surface area (Å²) < 4.78 is 1.11. The fraction of sp³-hybridized carbons (Fsp3) is 0.0625. The van der Waals surface area contributed by atoms with E-state index in [1.54, 1.807) is 42.5 Å². The standard InChI is InChI=1S/C16H12N2O2S/c1-10-5-4-6-11(9-10)14(19)18-15(20)12-7-2-3-8-13(12)17-16(18)21/h2-9H,1H3,(H,17,21). The molecule has 0 unspecified atom stereocenters. The predicted octanol–water partition coefficient (Wildman–Crippen LogP) is 3.06. The molecule has 3 aromatic rings. The molecule has 0 aliphatic carbocycles. The van der Waals surface area contributed by atoms with E-state index in [0.29, 0.717) is 16.5 Å². The fourth-order valence-corrected chi connectivity index (χ4v) is 2.53. The average molecular weight is 296 g/mol. The van der Waals surface area contributed by atoms with Gasteiger partial charge in [-0.05, 0) is 43.4 Å². The van der Waals surface area contributed by atoms with Gasteiger partial charge in [0, 0.05) is 5.56 Å². The second-order valence-electron chi connectivity index (χ2n) is 4.79. The van der Waals surface area contributed by atoms with Crippen LogP contribution in [-0.2, 0) is 0 Å². The summed E-state index contributed by atoms with van der Waals surface area (Å²) in [5.41, 5.74) is 1.61. The van der Waals surface area contributed by atoms with Gasteiger partial charge in [-0.1, -0.05) is 29.8 Å². The molecule has 5 heteroatoms. The van der Waals surface area contributed by atoms with Gasteiger partial charge < -0.3 is 4.98 Å². The van der Waals surface area contributed by atoms with Crippen molar-refractivity contribution in [1.82, 2.24) is 9.55 Å². The molecule has 4 nitrogen and oxygen atoms in total. The molecule has 104 valence electrons. The number of para-hydroxylation sites is 1. The van der Waals surface area contributed by atoms with E-state index in [1.807, 2.05) is 13.0 Å². The molecule has 1 heterocycles. The minimum Gasteiger partial charge on any atom is -0.331 e. The number of aromatic amines is 1. The van der Waals surface area contributed by atoms with E-state index >= 15 is 0 Å². The molecule has 0 fully saturated rings. The molecule has 2 aromatic carbocycles. The van der Waals surface area contributed by atoms with Gasteiger partial charge in [-0.2, -0.15) is 0 Å². The van der Waals surface area contributed by atoms with Gasteiger partial charge in [0.2, 0.25) is 0 Å². The number of nitrogens with one attached hydrogen (secondary N) is 1. The summed E-state index contributed by atoms with van der Waals surface area (Å²) in [5.74, 6) is -0.421. The van der Waals surface area contributed by atoms with Gasteiger partial charge in [-0.25, -0.2) is 4.57 Å². The molecule has 21 heavy (non-hydrogen) atoms. The van der Waals surface area contributed by atoms with Crippen molar-refractivity contribution >= 4 is 29.0 Å². The topological polar surface area (TPSA) is 54.9 Å². The van der Waals surface area contributed by atoms with E-state index in [2.05, 4.69) is 4.98 Å². The van der Waals surface area contributed by atoms with Gasteiger partial charge in [0.25, 0.3) is 11.5 Å². The summed E-state index contributed by atoms with van der Waals surface area (Å²) in [4.78, 5) is 28.0. The van der Waals surface area contributed by atoms with Gasteiger partial charge in [0.05, 0.1) is 10.9 Å². The molecule has 0 saturated carbocycles. The highest BCUT2D eigenvalue weighted by atomic mass is 32.1. The molecule has 0 amide bonds. The Morgan fingerprint density at radius 2 is 1.90 bits per heavy atom. The predicted molar refractivity (Wildman–Crippen MR) is 84.3 cm³/mol. The zero-order valence-corrected chi connectivity index (χ0v) is 12.1. The SMILES string of the molecule is Cc1cccc(C(=O)n2c(=S)[nH]c3ccccc3c2=O)c1. The lowest BCUT2D eigenvalue weighted by molar-refractivity contribution is 0.0953. The van der Waals surface area contributed by atoms with Crippen LogP contribution in [0.15, 0.2) is 53.3 Å². The number of benzene rings is 2. The molecular weight excluding hydrogens is 284 g/mol. The molecule has 0 atom stereocenters. The van der Waals surface area contributed by atoms with Gasteiger partial charge >= 0.3 is 0 Å². The number of aromatic nitrogens is 2. The number of H-pyrrole nitrogens is 1. The van der Waals surface area contributed by atoms with Crippen LogP contribution in [0.4, 0.5) is 0 Å². The van der Waals surface area contributed by atoms with E-state index < -0.39 is 11.5 Å². The van der Waals surface area contributed by atoms with E-state index in [9.17, 15) is 9.59 Å². The van der Waals surface area contributed by atoms with Crippen molar-refractivity contribution in [1.29, 1.82) is 0 Å². The summed E-state index contributed by atoms with van der Waals surface area (Å²) in [7, 11) is 0. The summed E-state index contributed by atoms with van der Waals surface area (Å²) in [6, 6.07) is 14.1. The highest BCUT2D eigenvalue weighted by molar-refractivity contribution is 7.71. The van der Waals surface area contributed by atoms with Crippen molar-refractivity contribution in [2.45, 2.75) is 6.92 Å². The zero-order valence-electron chi connectivity index (χ0n) is 11.3. The number of hydrogen-bond acceptors (Lipinski definition) is 3. The second-order valence-corrected chi connectivity index (χ2v) is 5.18. The van der Waals surface area contributed by atoms with Crippen molar-refractivity contribution in [2.75, 3.05) is 0 Å². The molecule has 0 spiro atoms.